The summed E-state index contributed by atoms with van der Waals surface area (Å²) in [6, 6.07) is 6.81. The summed E-state index contributed by atoms with van der Waals surface area (Å²) in [7, 11) is -3.53. The molecular formula is C16H23NO3S. The summed E-state index contributed by atoms with van der Waals surface area (Å²) in [5.74, 6) is 1.03. The highest BCUT2D eigenvalue weighted by Gasteiger charge is 2.32. The third-order valence-electron chi connectivity index (χ3n) is 3.51. The molecule has 4 nitrogen and oxygen atoms in total. The Morgan fingerprint density at radius 1 is 1.24 bits per heavy atom. The van der Waals surface area contributed by atoms with E-state index in [0.29, 0.717) is 23.2 Å². The van der Waals surface area contributed by atoms with Crippen molar-refractivity contribution in [3.05, 3.63) is 41.8 Å². The number of nitrogens with zero attached hydrogens (tertiary/aromatic N) is 1. The number of benzene rings is 1. The Morgan fingerprint density at radius 3 is 2.43 bits per heavy atom. The van der Waals surface area contributed by atoms with E-state index in [1.165, 1.54) is 4.31 Å². The summed E-state index contributed by atoms with van der Waals surface area (Å²) in [4.78, 5) is 0.327. The number of hydrogen-bond acceptors (Lipinski definition) is 3. The van der Waals surface area contributed by atoms with Crippen molar-refractivity contribution in [1.29, 1.82) is 0 Å². The summed E-state index contributed by atoms with van der Waals surface area (Å²) in [5.41, 5.74) is 1.04. The zero-order chi connectivity index (χ0) is 15.6. The topological polar surface area (TPSA) is 46.6 Å². The summed E-state index contributed by atoms with van der Waals surface area (Å²) in [6.45, 7) is 8.30. The molecule has 1 aliphatic heterocycles. The summed E-state index contributed by atoms with van der Waals surface area (Å²) < 4.78 is 32.7. The van der Waals surface area contributed by atoms with Crippen LogP contribution in [-0.4, -0.2) is 25.4 Å². The van der Waals surface area contributed by atoms with Crippen LogP contribution in [0.25, 0.3) is 0 Å². The minimum absolute atomic E-state index is 0.153. The zero-order valence-corrected chi connectivity index (χ0v) is 13.9. The first-order chi connectivity index (χ1) is 9.80. The Hall–Kier alpha value is -1.49. The maximum absolute atomic E-state index is 12.9. The van der Waals surface area contributed by atoms with E-state index in [9.17, 15) is 8.42 Å². The molecule has 1 aromatic rings. The fourth-order valence-electron chi connectivity index (χ4n) is 2.44. The van der Waals surface area contributed by atoms with E-state index in [-0.39, 0.29) is 6.04 Å². The van der Waals surface area contributed by atoms with Crippen LogP contribution in [0.3, 0.4) is 0 Å². The maximum atomic E-state index is 12.9. The molecule has 0 saturated carbocycles. The molecule has 0 saturated heterocycles. The van der Waals surface area contributed by atoms with Gasteiger partial charge >= 0.3 is 0 Å². The molecule has 1 aromatic carbocycles. The van der Waals surface area contributed by atoms with Crippen LogP contribution < -0.4 is 0 Å². The lowest BCUT2D eigenvalue weighted by Crippen LogP contribution is -2.42. The number of rotatable bonds is 4. The van der Waals surface area contributed by atoms with Crippen molar-refractivity contribution in [1.82, 2.24) is 4.31 Å². The summed E-state index contributed by atoms with van der Waals surface area (Å²) in [6.07, 6.45) is 2.38. The van der Waals surface area contributed by atoms with Crippen molar-refractivity contribution in [3.8, 4) is 0 Å². The van der Waals surface area contributed by atoms with Crippen molar-refractivity contribution in [2.24, 2.45) is 5.92 Å². The van der Waals surface area contributed by atoms with E-state index in [1.54, 1.807) is 25.3 Å². The second-order valence-corrected chi connectivity index (χ2v) is 7.83. The van der Waals surface area contributed by atoms with Gasteiger partial charge < -0.3 is 4.74 Å². The molecule has 0 fully saturated rings. The van der Waals surface area contributed by atoms with Crippen molar-refractivity contribution in [3.63, 3.8) is 0 Å². The van der Waals surface area contributed by atoms with Crippen molar-refractivity contribution in [2.75, 3.05) is 6.61 Å². The van der Waals surface area contributed by atoms with E-state index in [4.69, 9.17) is 4.74 Å². The lowest BCUT2D eigenvalue weighted by Gasteiger charge is -2.34. The lowest BCUT2D eigenvalue weighted by molar-refractivity contribution is 0.117. The van der Waals surface area contributed by atoms with E-state index >= 15 is 0 Å². The molecule has 1 heterocycles. The van der Waals surface area contributed by atoms with Crippen LogP contribution >= 0.6 is 0 Å². The Balaban J connectivity index is 2.38. The van der Waals surface area contributed by atoms with Gasteiger partial charge in [0.05, 0.1) is 17.1 Å². The average Bonchev–Trinajstić information content (AvgIpc) is 2.40. The molecule has 0 aliphatic carbocycles. The molecule has 0 bridgehead atoms. The van der Waals surface area contributed by atoms with Crippen LogP contribution in [0.2, 0.25) is 0 Å². The smallest absolute Gasteiger partial charge is 0.264 e. The highest BCUT2D eigenvalue weighted by Crippen LogP contribution is 2.27. The number of allylic oxidation sites excluding steroid dienone is 1. The minimum atomic E-state index is -3.53. The normalized spacial score (nSPS) is 19.4. The fourth-order valence-corrected chi connectivity index (χ4v) is 3.99. The minimum Gasteiger partial charge on any atom is -0.494 e. The molecule has 0 unspecified atom stereocenters. The fraction of sp³-hybridized carbons (Fsp3) is 0.500. The predicted molar refractivity (Wildman–Crippen MR) is 83.2 cm³/mol. The standard InChI is InChI=1S/C16H23NO3S/c1-12(2)9-15-11-20-14(4)10-17(15)21(18,19)16-7-5-13(3)6-8-16/h5-8,10,12,15H,9,11H2,1-4H3/t15-/m1/s1. The van der Waals surface area contributed by atoms with Crippen molar-refractivity contribution < 1.29 is 13.2 Å². The van der Waals surface area contributed by atoms with Gasteiger partial charge in [-0.25, -0.2) is 8.42 Å². The van der Waals surface area contributed by atoms with Gasteiger partial charge in [-0.2, -0.15) is 0 Å². The number of ether oxygens (including phenoxy) is 1. The molecule has 2 rings (SSSR count). The SMILES string of the molecule is CC1=CN(S(=O)(=O)c2ccc(C)cc2)[C@H](CC(C)C)CO1. The summed E-state index contributed by atoms with van der Waals surface area (Å²) >= 11 is 0. The number of aryl methyl sites for hydroxylation is 1. The van der Waals surface area contributed by atoms with Gasteiger partial charge in [0, 0.05) is 0 Å². The first-order valence-corrected chi connectivity index (χ1v) is 8.66. The van der Waals surface area contributed by atoms with Gasteiger partial charge in [0.2, 0.25) is 0 Å². The monoisotopic (exact) mass is 309 g/mol. The van der Waals surface area contributed by atoms with E-state index < -0.39 is 10.0 Å². The average molecular weight is 309 g/mol. The Labute approximate surface area is 127 Å². The van der Waals surface area contributed by atoms with Gasteiger partial charge in [-0.3, -0.25) is 4.31 Å². The molecule has 1 aliphatic rings. The quantitative estimate of drug-likeness (QED) is 0.857. The first-order valence-electron chi connectivity index (χ1n) is 7.22. The van der Waals surface area contributed by atoms with Crippen LogP contribution in [0.15, 0.2) is 41.1 Å². The maximum Gasteiger partial charge on any atom is 0.264 e. The lowest BCUT2D eigenvalue weighted by atomic mass is 10.0. The molecule has 1 atom stereocenters. The highest BCUT2D eigenvalue weighted by atomic mass is 32.2. The molecule has 0 aromatic heterocycles. The number of sulfonamides is 1. The first kappa shape index (κ1) is 15.9. The van der Waals surface area contributed by atoms with Gasteiger partial charge in [-0.15, -0.1) is 0 Å². The Kier molecular flexibility index (Phi) is 4.61. The molecule has 0 radical (unpaired) electrons. The van der Waals surface area contributed by atoms with Crippen LogP contribution in [0.1, 0.15) is 32.8 Å². The third kappa shape index (κ3) is 3.59. The second kappa shape index (κ2) is 6.10. The summed E-state index contributed by atoms with van der Waals surface area (Å²) in [5, 5.41) is 0. The Bertz CT molecular complexity index is 617. The number of hydrogen-bond donors (Lipinski definition) is 0. The van der Waals surface area contributed by atoms with Crippen molar-refractivity contribution in [2.45, 2.75) is 45.1 Å². The molecule has 21 heavy (non-hydrogen) atoms. The molecule has 0 spiro atoms. The molecule has 116 valence electrons. The van der Waals surface area contributed by atoms with Crippen LogP contribution in [0.5, 0.6) is 0 Å². The van der Waals surface area contributed by atoms with Crippen molar-refractivity contribution >= 4 is 10.0 Å². The van der Waals surface area contributed by atoms with E-state index in [0.717, 1.165) is 12.0 Å². The van der Waals surface area contributed by atoms with Gasteiger partial charge in [0.25, 0.3) is 10.0 Å². The third-order valence-corrected chi connectivity index (χ3v) is 5.34. The highest BCUT2D eigenvalue weighted by molar-refractivity contribution is 7.89. The van der Waals surface area contributed by atoms with Crippen LogP contribution in [-0.2, 0) is 14.8 Å². The van der Waals surface area contributed by atoms with E-state index in [1.807, 2.05) is 19.1 Å². The molecule has 0 N–H and O–H groups in total. The molecular weight excluding hydrogens is 286 g/mol. The Morgan fingerprint density at radius 2 is 1.86 bits per heavy atom. The molecule has 0 amide bonds. The van der Waals surface area contributed by atoms with E-state index in [2.05, 4.69) is 13.8 Å². The molecule has 5 heteroatoms. The zero-order valence-electron chi connectivity index (χ0n) is 13.0. The van der Waals surface area contributed by atoms with Crippen LogP contribution in [0.4, 0.5) is 0 Å². The van der Waals surface area contributed by atoms with Gasteiger partial charge in [-0.05, 0) is 38.3 Å². The predicted octanol–water partition coefficient (Wildman–Crippen LogP) is 3.29. The van der Waals surface area contributed by atoms with Gasteiger partial charge in [0.1, 0.15) is 12.4 Å². The second-order valence-electron chi connectivity index (χ2n) is 5.98. The largest absolute Gasteiger partial charge is 0.494 e. The van der Waals surface area contributed by atoms with Crippen LogP contribution in [0, 0.1) is 12.8 Å². The van der Waals surface area contributed by atoms with Gasteiger partial charge in [-0.1, -0.05) is 31.5 Å². The van der Waals surface area contributed by atoms with Gasteiger partial charge in [0.15, 0.2) is 0 Å².